The zero-order valence-electron chi connectivity index (χ0n) is 11.1. The van der Waals surface area contributed by atoms with E-state index in [4.69, 9.17) is 5.73 Å². The molecule has 4 heteroatoms. The van der Waals surface area contributed by atoms with Crippen LogP contribution in [0.3, 0.4) is 0 Å². The molecule has 1 aromatic rings. The van der Waals surface area contributed by atoms with E-state index in [1.165, 1.54) is 5.56 Å². The molecule has 0 spiro atoms. The molecule has 0 radical (unpaired) electrons. The van der Waals surface area contributed by atoms with Gasteiger partial charge >= 0.3 is 0 Å². The fourth-order valence-electron chi connectivity index (χ4n) is 1.78. The van der Waals surface area contributed by atoms with E-state index in [9.17, 15) is 4.79 Å². The predicted octanol–water partition coefficient (Wildman–Crippen LogP) is 0.974. The summed E-state index contributed by atoms with van der Waals surface area (Å²) in [5, 5.41) is 3.21. The highest BCUT2D eigenvalue weighted by Gasteiger charge is 1.99. The number of hydrogen-bond acceptors (Lipinski definition) is 3. The van der Waals surface area contributed by atoms with Crippen molar-refractivity contribution in [1.82, 2.24) is 10.2 Å². The number of benzene rings is 1. The van der Waals surface area contributed by atoms with Crippen LogP contribution in [0.25, 0.3) is 0 Å². The van der Waals surface area contributed by atoms with Gasteiger partial charge in [-0.15, -0.1) is 0 Å². The Balaban J connectivity index is 2.03. The number of amides is 1. The van der Waals surface area contributed by atoms with Crippen LogP contribution in [-0.4, -0.2) is 37.5 Å². The van der Waals surface area contributed by atoms with Gasteiger partial charge in [-0.3, -0.25) is 4.79 Å². The number of rotatable bonds is 9. The third-order valence-corrected chi connectivity index (χ3v) is 2.74. The molecule has 18 heavy (non-hydrogen) atoms. The maximum absolute atomic E-state index is 10.5. The van der Waals surface area contributed by atoms with Gasteiger partial charge in [0, 0.05) is 19.5 Å². The maximum Gasteiger partial charge on any atom is 0.218 e. The van der Waals surface area contributed by atoms with Gasteiger partial charge in [-0.25, -0.2) is 0 Å². The second-order valence-corrected chi connectivity index (χ2v) is 4.54. The minimum atomic E-state index is -0.247. The van der Waals surface area contributed by atoms with Gasteiger partial charge in [0.05, 0.1) is 0 Å². The summed E-state index contributed by atoms with van der Waals surface area (Å²) < 4.78 is 0. The monoisotopic (exact) mass is 249 g/mol. The van der Waals surface area contributed by atoms with Crippen molar-refractivity contribution in [1.29, 1.82) is 0 Å². The first-order valence-electron chi connectivity index (χ1n) is 6.40. The first-order chi connectivity index (χ1) is 8.68. The Bertz CT molecular complexity index is 340. The van der Waals surface area contributed by atoms with Crippen molar-refractivity contribution in [2.45, 2.75) is 19.4 Å². The standard InChI is InChI=1S/C14H23N3O/c1-17(12-13-6-3-2-4-7-13)11-5-9-16-10-8-14(15)18/h2-4,6-7,16H,5,8-12H2,1H3,(H2,15,18). The van der Waals surface area contributed by atoms with E-state index in [0.717, 1.165) is 26.1 Å². The van der Waals surface area contributed by atoms with Gasteiger partial charge in [-0.1, -0.05) is 30.3 Å². The lowest BCUT2D eigenvalue weighted by Gasteiger charge is -2.16. The topological polar surface area (TPSA) is 58.4 Å². The SMILES string of the molecule is CN(CCCNCCC(N)=O)Cc1ccccc1. The molecule has 0 heterocycles. The Morgan fingerprint density at radius 1 is 1.28 bits per heavy atom. The zero-order chi connectivity index (χ0) is 13.2. The number of nitrogens with zero attached hydrogens (tertiary/aromatic N) is 1. The van der Waals surface area contributed by atoms with Crippen molar-refractivity contribution in [2.24, 2.45) is 5.73 Å². The number of hydrogen-bond donors (Lipinski definition) is 2. The molecule has 4 nitrogen and oxygen atoms in total. The molecule has 100 valence electrons. The third kappa shape index (κ3) is 7.04. The quantitative estimate of drug-likeness (QED) is 0.641. The predicted molar refractivity (Wildman–Crippen MR) is 74.1 cm³/mol. The third-order valence-electron chi connectivity index (χ3n) is 2.74. The van der Waals surface area contributed by atoms with Crippen molar-refractivity contribution in [3.63, 3.8) is 0 Å². The van der Waals surface area contributed by atoms with Crippen LogP contribution in [0.1, 0.15) is 18.4 Å². The molecular formula is C14H23N3O. The van der Waals surface area contributed by atoms with Crippen LogP contribution in [0.5, 0.6) is 0 Å². The number of carbonyl (C=O) groups excluding carboxylic acids is 1. The molecule has 0 aliphatic rings. The molecular weight excluding hydrogens is 226 g/mol. The number of nitrogens with one attached hydrogen (secondary N) is 1. The molecule has 0 fully saturated rings. The van der Waals surface area contributed by atoms with Crippen molar-refractivity contribution < 1.29 is 4.79 Å². The highest BCUT2D eigenvalue weighted by Crippen LogP contribution is 2.02. The van der Waals surface area contributed by atoms with E-state index >= 15 is 0 Å². The van der Waals surface area contributed by atoms with E-state index < -0.39 is 0 Å². The average molecular weight is 249 g/mol. The van der Waals surface area contributed by atoms with Gasteiger partial charge < -0.3 is 16.0 Å². The van der Waals surface area contributed by atoms with Crippen LogP contribution < -0.4 is 11.1 Å². The van der Waals surface area contributed by atoms with Gasteiger partial charge in [0.15, 0.2) is 0 Å². The number of nitrogens with two attached hydrogens (primary N) is 1. The Hall–Kier alpha value is -1.39. The Kier molecular flexibility index (Phi) is 7.06. The second kappa shape index (κ2) is 8.66. The second-order valence-electron chi connectivity index (χ2n) is 4.54. The van der Waals surface area contributed by atoms with Gasteiger partial charge in [0.1, 0.15) is 0 Å². The van der Waals surface area contributed by atoms with Crippen LogP contribution in [0.2, 0.25) is 0 Å². The largest absolute Gasteiger partial charge is 0.370 e. The summed E-state index contributed by atoms with van der Waals surface area (Å²) in [6.45, 7) is 3.62. The van der Waals surface area contributed by atoms with Crippen molar-refractivity contribution in [3.8, 4) is 0 Å². The molecule has 0 aromatic heterocycles. The number of primary amides is 1. The fourth-order valence-corrected chi connectivity index (χ4v) is 1.78. The lowest BCUT2D eigenvalue weighted by Crippen LogP contribution is -2.26. The first kappa shape index (κ1) is 14.7. The summed E-state index contributed by atoms with van der Waals surface area (Å²) >= 11 is 0. The summed E-state index contributed by atoms with van der Waals surface area (Å²) in [5.74, 6) is -0.247. The lowest BCUT2D eigenvalue weighted by atomic mass is 10.2. The van der Waals surface area contributed by atoms with E-state index in [1.54, 1.807) is 0 Å². The summed E-state index contributed by atoms with van der Waals surface area (Å²) in [4.78, 5) is 12.8. The van der Waals surface area contributed by atoms with E-state index in [-0.39, 0.29) is 5.91 Å². The molecule has 1 aromatic carbocycles. The summed E-state index contributed by atoms with van der Waals surface area (Å²) in [6.07, 6.45) is 1.49. The van der Waals surface area contributed by atoms with Gasteiger partial charge in [0.2, 0.25) is 5.91 Å². The van der Waals surface area contributed by atoms with E-state index in [2.05, 4.69) is 41.5 Å². The van der Waals surface area contributed by atoms with Crippen molar-refractivity contribution >= 4 is 5.91 Å². The zero-order valence-corrected chi connectivity index (χ0v) is 11.1. The fraction of sp³-hybridized carbons (Fsp3) is 0.500. The molecule has 1 amide bonds. The average Bonchev–Trinajstić information content (AvgIpc) is 2.34. The maximum atomic E-state index is 10.5. The Morgan fingerprint density at radius 2 is 2.00 bits per heavy atom. The van der Waals surface area contributed by atoms with Crippen LogP contribution in [-0.2, 0) is 11.3 Å². The van der Waals surface area contributed by atoms with Crippen LogP contribution in [0, 0.1) is 0 Å². The summed E-state index contributed by atoms with van der Waals surface area (Å²) in [7, 11) is 2.12. The lowest BCUT2D eigenvalue weighted by molar-refractivity contribution is -0.117. The minimum absolute atomic E-state index is 0.247. The molecule has 0 saturated heterocycles. The molecule has 1 rings (SSSR count). The minimum Gasteiger partial charge on any atom is -0.370 e. The molecule has 0 atom stereocenters. The van der Waals surface area contributed by atoms with Crippen molar-refractivity contribution in [3.05, 3.63) is 35.9 Å². The molecule has 0 unspecified atom stereocenters. The summed E-state index contributed by atoms with van der Waals surface area (Å²) in [6, 6.07) is 10.4. The van der Waals surface area contributed by atoms with Crippen LogP contribution in [0.15, 0.2) is 30.3 Å². The molecule has 3 N–H and O–H groups in total. The highest BCUT2D eigenvalue weighted by molar-refractivity contribution is 5.73. The van der Waals surface area contributed by atoms with Gasteiger partial charge in [-0.2, -0.15) is 0 Å². The Labute approximate surface area is 109 Å². The molecule has 0 bridgehead atoms. The Morgan fingerprint density at radius 3 is 2.67 bits per heavy atom. The van der Waals surface area contributed by atoms with Crippen LogP contribution in [0.4, 0.5) is 0 Å². The van der Waals surface area contributed by atoms with E-state index in [1.807, 2.05) is 6.07 Å². The molecule has 0 aliphatic heterocycles. The van der Waals surface area contributed by atoms with Gasteiger partial charge in [0.25, 0.3) is 0 Å². The number of carbonyl (C=O) groups is 1. The molecule has 0 saturated carbocycles. The van der Waals surface area contributed by atoms with Crippen molar-refractivity contribution in [2.75, 3.05) is 26.7 Å². The molecule has 0 aliphatic carbocycles. The van der Waals surface area contributed by atoms with E-state index in [0.29, 0.717) is 13.0 Å². The van der Waals surface area contributed by atoms with Gasteiger partial charge in [-0.05, 0) is 32.1 Å². The highest BCUT2D eigenvalue weighted by atomic mass is 16.1. The van der Waals surface area contributed by atoms with Crippen LogP contribution >= 0.6 is 0 Å². The first-order valence-corrected chi connectivity index (χ1v) is 6.40. The summed E-state index contributed by atoms with van der Waals surface area (Å²) in [5.41, 5.74) is 6.39. The smallest absolute Gasteiger partial charge is 0.218 e. The normalized spacial score (nSPS) is 10.8.